The van der Waals surface area contributed by atoms with Crippen LogP contribution >= 0.6 is 70.6 Å². The summed E-state index contributed by atoms with van der Waals surface area (Å²) in [6.45, 7) is 2.29. The van der Waals surface area contributed by atoms with Crippen molar-refractivity contribution < 1.29 is 0 Å². The highest BCUT2D eigenvalue weighted by Crippen LogP contribution is 2.67. The Balaban J connectivity index is 1.77. The molecule has 0 amide bonds. The molecule has 0 aliphatic carbocycles. The molecule has 0 spiro atoms. The van der Waals surface area contributed by atoms with Crippen molar-refractivity contribution in [3.63, 3.8) is 0 Å². The van der Waals surface area contributed by atoms with E-state index >= 15 is 0 Å². The van der Waals surface area contributed by atoms with E-state index in [1.54, 1.807) is 16.9 Å². The average molecular weight is 297 g/mol. The first-order chi connectivity index (χ1) is 6.83. The van der Waals surface area contributed by atoms with Crippen LogP contribution in [0.4, 0.5) is 0 Å². The van der Waals surface area contributed by atoms with Gasteiger partial charge in [0.15, 0.2) is 0 Å². The summed E-state index contributed by atoms with van der Waals surface area (Å²) in [5, 5.41) is 0. The van der Waals surface area contributed by atoms with E-state index in [9.17, 15) is 0 Å². The van der Waals surface area contributed by atoms with Crippen LogP contribution < -0.4 is 0 Å². The molecule has 14 heavy (non-hydrogen) atoms. The summed E-state index contributed by atoms with van der Waals surface area (Å²) in [6, 6.07) is 0. The normalized spacial score (nSPS) is 28.1. The fraction of sp³-hybridized carbons (Fsp3) is 0.500. The van der Waals surface area contributed by atoms with Crippen molar-refractivity contribution in [2.75, 3.05) is 11.5 Å². The zero-order valence-electron chi connectivity index (χ0n) is 7.44. The highest BCUT2D eigenvalue weighted by atomic mass is 32.3. The molecule has 3 rings (SSSR count). The molecule has 0 bridgehead atoms. The summed E-state index contributed by atoms with van der Waals surface area (Å²) >= 11 is 12.1. The molecule has 0 N–H and O–H groups in total. The molecule has 1 saturated heterocycles. The van der Waals surface area contributed by atoms with Crippen molar-refractivity contribution in [3.8, 4) is 0 Å². The predicted octanol–water partition coefficient (Wildman–Crippen LogP) is 5.03. The minimum Gasteiger partial charge on any atom is -0.117 e. The zero-order chi connectivity index (χ0) is 9.54. The summed E-state index contributed by atoms with van der Waals surface area (Å²) in [5.41, 5.74) is 0. The highest BCUT2D eigenvalue weighted by Gasteiger charge is 2.33. The van der Waals surface area contributed by atoms with Crippen LogP contribution in [0.1, 0.15) is 6.92 Å². The molecule has 0 saturated carbocycles. The minimum absolute atomic E-state index is 0.732. The van der Waals surface area contributed by atoms with Crippen LogP contribution in [0.2, 0.25) is 0 Å². The van der Waals surface area contributed by atoms with Crippen molar-refractivity contribution in [2.24, 2.45) is 0 Å². The molecule has 0 unspecified atom stereocenters. The standard InChI is InChI=1S/C8H8S6/c1-4-11-7-8(12-4)14-6(13-7)5-9-2-3-10-5/h4H,2-3H2,1H3. The van der Waals surface area contributed by atoms with Gasteiger partial charge in [0.05, 0.1) is 21.5 Å². The molecule has 76 valence electrons. The molecule has 0 aromatic carbocycles. The van der Waals surface area contributed by atoms with E-state index < -0.39 is 0 Å². The topological polar surface area (TPSA) is 0 Å². The fourth-order valence-electron chi connectivity index (χ4n) is 1.25. The van der Waals surface area contributed by atoms with Gasteiger partial charge >= 0.3 is 0 Å². The molecule has 0 radical (unpaired) electrons. The van der Waals surface area contributed by atoms with E-state index in [0.29, 0.717) is 0 Å². The van der Waals surface area contributed by atoms with Crippen LogP contribution in [0.15, 0.2) is 16.9 Å². The first kappa shape index (κ1) is 10.7. The van der Waals surface area contributed by atoms with Gasteiger partial charge in [0.25, 0.3) is 0 Å². The van der Waals surface area contributed by atoms with Gasteiger partial charge in [-0.25, -0.2) is 0 Å². The largest absolute Gasteiger partial charge is 0.117 e. The van der Waals surface area contributed by atoms with Crippen molar-refractivity contribution in [1.82, 2.24) is 0 Å². The Morgan fingerprint density at radius 3 is 2.00 bits per heavy atom. The lowest BCUT2D eigenvalue weighted by atomic mass is 11.0. The molecular weight excluding hydrogens is 288 g/mol. The van der Waals surface area contributed by atoms with Crippen LogP contribution in [0, 0.1) is 0 Å². The maximum Gasteiger partial charge on any atom is 0.0710 e. The zero-order valence-corrected chi connectivity index (χ0v) is 12.3. The van der Waals surface area contributed by atoms with E-state index in [4.69, 9.17) is 0 Å². The van der Waals surface area contributed by atoms with E-state index in [1.165, 1.54) is 11.5 Å². The lowest BCUT2D eigenvalue weighted by Crippen LogP contribution is -1.79. The summed E-state index contributed by atoms with van der Waals surface area (Å²) in [6.07, 6.45) is 0. The van der Waals surface area contributed by atoms with E-state index in [-0.39, 0.29) is 0 Å². The van der Waals surface area contributed by atoms with Crippen LogP contribution in [0.3, 0.4) is 0 Å². The highest BCUT2D eigenvalue weighted by molar-refractivity contribution is 8.46. The van der Waals surface area contributed by atoms with Crippen LogP contribution in [0.25, 0.3) is 0 Å². The Kier molecular flexibility index (Phi) is 3.41. The predicted molar refractivity (Wildman–Crippen MR) is 78.8 cm³/mol. The minimum atomic E-state index is 0.732. The third-order valence-electron chi connectivity index (χ3n) is 1.80. The van der Waals surface area contributed by atoms with E-state index in [0.717, 1.165) is 4.58 Å². The third kappa shape index (κ3) is 2.02. The molecule has 3 heterocycles. The van der Waals surface area contributed by atoms with Gasteiger partial charge in [0, 0.05) is 11.5 Å². The maximum absolute atomic E-state index is 2.29. The summed E-state index contributed by atoms with van der Waals surface area (Å²) < 4.78 is 6.97. The second-order valence-corrected chi connectivity index (χ2v) is 11.1. The molecule has 3 aliphatic rings. The number of hydrogen-bond donors (Lipinski definition) is 0. The second-order valence-electron chi connectivity index (χ2n) is 2.85. The molecule has 0 aromatic heterocycles. The maximum atomic E-state index is 2.29. The van der Waals surface area contributed by atoms with Gasteiger partial charge in [0.2, 0.25) is 0 Å². The monoisotopic (exact) mass is 296 g/mol. The Morgan fingerprint density at radius 2 is 1.43 bits per heavy atom. The Labute approximate surface area is 110 Å². The fourth-order valence-corrected chi connectivity index (χ4v) is 11.0. The van der Waals surface area contributed by atoms with Gasteiger partial charge < -0.3 is 0 Å². The smallest absolute Gasteiger partial charge is 0.0710 e. The van der Waals surface area contributed by atoms with Crippen LogP contribution in [-0.2, 0) is 0 Å². The summed E-state index contributed by atoms with van der Waals surface area (Å²) in [7, 11) is 0. The number of hydrogen-bond acceptors (Lipinski definition) is 6. The molecule has 3 aliphatic heterocycles. The Bertz CT molecular complexity index is 303. The van der Waals surface area contributed by atoms with Crippen molar-refractivity contribution in [3.05, 3.63) is 16.9 Å². The van der Waals surface area contributed by atoms with Gasteiger partial charge in [-0.2, -0.15) is 0 Å². The quantitative estimate of drug-likeness (QED) is 0.611. The second kappa shape index (κ2) is 4.45. The Morgan fingerprint density at radius 1 is 0.857 bits per heavy atom. The van der Waals surface area contributed by atoms with Crippen molar-refractivity contribution in [1.29, 1.82) is 0 Å². The summed E-state index contributed by atoms with van der Waals surface area (Å²) in [5.74, 6) is 2.60. The van der Waals surface area contributed by atoms with E-state index in [1.807, 2.05) is 70.6 Å². The molecule has 1 fully saturated rings. The summed E-state index contributed by atoms with van der Waals surface area (Å²) in [4.78, 5) is 0. The van der Waals surface area contributed by atoms with Gasteiger partial charge in [0.1, 0.15) is 0 Å². The average Bonchev–Trinajstić information content (AvgIpc) is 2.74. The lowest BCUT2D eigenvalue weighted by molar-refractivity contribution is 1.44. The van der Waals surface area contributed by atoms with Gasteiger partial charge in [-0.15, -0.1) is 47.0 Å². The first-order valence-corrected chi connectivity index (χ1v) is 9.62. The Hall–Kier alpha value is 1.58. The number of thioether (sulfide) groups is 6. The SMILES string of the molecule is CC1SC2=C(SC(=C3SCCS3)S2)S1. The lowest BCUT2D eigenvalue weighted by Gasteiger charge is -2.05. The van der Waals surface area contributed by atoms with Crippen LogP contribution in [0.5, 0.6) is 0 Å². The van der Waals surface area contributed by atoms with Gasteiger partial charge in [-0.1, -0.05) is 23.5 Å². The van der Waals surface area contributed by atoms with Gasteiger partial charge in [-0.05, 0) is 6.92 Å². The molecule has 0 aromatic rings. The van der Waals surface area contributed by atoms with E-state index in [2.05, 4.69) is 6.92 Å². The van der Waals surface area contributed by atoms with Crippen LogP contribution in [-0.4, -0.2) is 16.1 Å². The van der Waals surface area contributed by atoms with Crippen molar-refractivity contribution >= 4 is 70.6 Å². The molecular formula is C8H8S6. The molecule has 0 atom stereocenters. The first-order valence-electron chi connectivity index (χ1n) is 4.26. The van der Waals surface area contributed by atoms with Crippen molar-refractivity contribution in [2.45, 2.75) is 11.5 Å². The molecule has 6 heteroatoms. The number of rotatable bonds is 0. The van der Waals surface area contributed by atoms with Gasteiger partial charge in [-0.3, -0.25) is 0 Å². The molecule has 0 nitrogen and oxygen atoms in total. The third-order valence-corrected chi connectivity index (χ3v) is 10.8.